The van der Waals surface area contributed by atoms with Crippen LogP contribution in [-0.2, 0) is 6.42 Å². The van der Waals surface area contributed by atoms with E-state index in [1.807, 2.05) is 18.1 Å². The maximum atomic E-state index is 12.4. The molecule has 2 rings (SSSR count). The second-order valence-electron chi connectivity index (χ2n) is 4.50. The van der Waals surface area contributed by atoms with Crippen LogP contribution in [-0.4, -0.2) is 44.5 Å². The van der Waals surface area contributed by atoms with Crippen molar-refractivity contribution in [1.29, 1.82) is 5.26 Å². The summed E-state index contributed by atoms with van der Waals surface area (Å²) in [5.41, 5.74) is 0.775. The summed E-state index contributed by atoms with van der Waals surface area (Å²) in [6.07, 6.45) is 4.13. The number of nitrogens with zero attached hydrogens (tertiary/aromatic N) is 4. The molecule has 1 aromatic heterocycles. The summed E-state index contributed by atoms with van der Waals surface area (Å²) < 4.78 is 3.53. The van der Waals surface area contributed by atoms with Crippen LogP contribution in [0.1, 0.15) is 35.1 Å². The first kappa shape index (κ1) is 14.3. The molecule has 7 heteroatoms. The third-order valence-corrected chi connectivity index (χ3v) is 5.57. The molecule has 5 nitrogen and oxygen atoms in total. The first-order valence-electron chi connectivity index (χ1n) is 6.22. The van der Waals surface area contributed by atoms with Crippen LogP contribution in [0.3, 0.4) is 0 Å². The molecule has 0 atom stereocenters. The monoisotopic (exact) mass is 296 g/mol. The van der Waals surface area contributed by atoms with E-state index in [1.54, 1.807) is 11.8 Å². The number of amides is 1. The summed E-state index contributed by atoms with van der Waals surface area (Å²) in [6, 6.07) is 2.39. The van der Waals surface area contributed by atoms with Gasteiger partial charge >= 0.3 is 0 Å². The minimum atomic E-state index is -0.323. The molecule has 0 spiro atoms. The number of nitriles is 1. The molecule has 0 N–H and O–H groups in total. The fourth-order valence-electron chi connectivity index (χ4n) is 2.18. The van der Waals surface area contributed by atoms with Crippen molar-refractivity contribution >= 4 is 29.2 Å². The lowest BCUT2D eigenvalue weighted by atomic mass is 9.97. The molecule has 1 amide bonds. The van der Waals surface area contributed by atoms with E-state index in [4.69, 9.17) is 0 Å². The Morgan fingerprint density at radius 3 is 2.79 bits per heavy atom. The molecule has 1 aliphatic rings. The minimum Gasteiger partial charge on any atom is -0.338 e. The van der Waals surface area contributed by atoms with E-state index in [-0.39, 0.29) is 10.7 Å². The number of hydrogen-bond donors (Lipinski definition) is 0. The fourth-order valence-corrected chi connectivity index (χ4v) is 3.58. The van der Waals surface area contributed by atoms with E-state index in [2.05, 4.69) is 15.7 Å². The zero-order valence-corrected chi connectivity index (χ0v) is 12.7. The van der Waals surface area contributed by atoms with Gasteiger partial charge in [0.15, 0.2) is 0 Å². The molecular weight excluding hydrogens is 280 g/mol. The van der Waals surface area contributed by atoms with Crippen molar-refractivity contribution < 1.29 is 4.79 Å². The number of carbonyl (C=O) groups is 1. The van der Waals surface area contributed by atoms with Crippen LogP contribution in [0.25, 0.3) is 0 Å². The summed E-state index contributed by atoms with van der Waals surface area (Å²) in [5, 5.41) is 13.2. The van der Waals surface area contributed by atoms with Crippen LogP contribution < -0.4 is 0 Å². The predicted molar refractivity (Wildman–Crippen MR) is 76.3 cm³/mol. The molecule has 0 unspecified atom stereocenters. The molecule has 0 aromatic carbocycles. The Morgan fingerprint density at radius 1 is 1.58 bits per heavy atom. The largest absolute Gasteiger partial charge is 0.338 e. The number of piperidine rings is 1. The van der Waals surface area contributed by atoms with E-state index in [9.17, 15) is 10.1 Å². The number of carbonyl (C=O) groups excluding carboxylic acids is 1. The Labute approximate surface area is 121 Å². The highest BCUT2D eigenvalue weighted by Gasteiger charge is 2.36. The molecule has 0 radical (unpaired) electrons. The van der Waals surface area contributed by atoms with Crippen molar-refractivity contribution in [2.45, 2.75) is 30.9 Å². The molecule has 2 heterocycles. The lowest BCUT2D eigenvalue weighted by Gasteiger charge is -2.35. The molecule has 1 fully saturated rings. The zero-order valence-electron chi connectivity index (χ0n) is 11.0. The minimum absolute atomic E-state index is 0.0134. The fraction of sp³-hybridized carbons (Fsp3) is 0.667. The molecule has 102 valence electrons. The normalized spacial score (nSPS) is 18.1. The average Bonchev–Trinajstić information content (AvgIpc) is 2.95. The van der Waals surface area contributed by atoms with E-state index >= 15 is 0 Å². The van der Waals surface area contributed by atoms with Gasteiger partial charge in [0.05, 0.1) is 11.8 Å². The molecule has 0 bridgehead atoms. The SMILES string of the molecule is CCc1nnsc1C(=O)N1CCC(C#N)(SC)CC1. The van der Waals surface area contributed by atoms with Gasteiger partial charge in [-0.2, -0.15) is 5.26 Å². The summed E-state index contributed by atoms with van der Waals surface area (Å²) in [4.78, 5) is 14.9. The van der Waals surface area contributed by atoms with Crippen LogP contribution in [0.4, 0.5) is 0 Å². The number of aromatic nitrogens is 2. The Hall–Kier alpha value is -1.13. The van der Waals surface area contributed by atoms with Crippen LogP contribution >= 0.6 is 23.3 Å². The van der Waals surface area contributed by atoms with Crippen LogP contribution in [0.5, 0.6) is 0 Å². The summed E-state index contributed by atoms with van der Waals surface area (Å²) >= 11 is 2.76. The lowest BCUT2D eigenvalue weighted by Crippen LogP contribution is -2.44. The molecular formula is C12H16N4OS2. The summed E-state index contributed by atoms with van der Waals surface area (Å²) in [6.45, 7) is 3.24. The summed E-state index contributed by atoms with van der Waals surface area (Å²) in [7, 11) is 0. The smallest absolute Gasteiger partial charge is 0.267 e. The average molecular weight is 296 g/mol. The predicted octanol–water partition coefficient (Wildman–Crippen LogP) is 1.96. The molecule has 0 aliphatic carbocycles. The van der Waals surface area contributed by atoms with Gasteiger partial charge in [-0.15, -0.1) is 16.9 Å². The number of hydrogen-bond acceptors (Lipinski definition) is 6. The Balaban J connectivity index is 2.06. The van der Waals surface area contributed by atoms with Gasteiger partial charge in [0.25, 0.3) is 5.91 Å². The van der Waals surface area contributed by atoms with Crippen LogP contribution in [0.15, 0.2) is 0 Å². The number of thioether (sulfide) groups is 1. The molecule has 19 heavy (non-hydrogen) atoms. The Bertz CT molecular complexity index is 500. The number of aryl methyl sites for hydroxylation is 1. The lowest BCUT2D eigenvalue weighted by molar-refractivity contribution is 0.0720. The van der Waals surface area contributed by atoms with Crippen LogP contribution in [0.2, 0.25) is 0 Å². The van der Waals surface area contributed by atoms with E-state index in [0.29, 0.717) is 18.0 Å². The van der Waals surface area contributed by atoms with E-state index < -0.39 is 0 Å². The van der Waals surface area contributed by atoms with Crippen molar-refractivity contribution in [2.75, 3.05) is 19.3 Å². The van der Waals surface area contributed by atoms with Gasteiger partial charge in [0, 0.05) is 13.1 Å². The van der Waals surface area contributed by atoms with Gasteiger partial charge in [-0.05, 0) is 37.1 Å². The maximum absolute atomic E-state index is 12.4. The first-order valence-corrected chi connectivity index (χ1v) is 8.22. The van der Waals surface area contributed by atoms with Gasteiger partial charge in [-0.25, -0.2) is 0 Å². The standard InChI is InChI=1S/C12H16N4OS2/c1-3-9-10(19-15-14-9)11(17)16-6-4-12(8-13,18-2)5-7-16/h3-7H2,1-2H3. The van der Waals surface area contributed by atoms with E-state index in [1.165, 1.54) is 0 Å². The maximum Gasteiger partial charge on any atom is 0.267 e. The topological polar surface area (TPSA) is 69.9 Å². The van der Waals surface area contributed by atoms with E-state index in [0.717, 1.165) is 36.5 Å². The molecule has 1 saturated heterocycles. The van der Waals surface area contributed by atoms with Gasteiger partial charge < -0.3 is 4.90 Å². The Kier molecular flexibility index (Phi) is 4.42. The third-order valence-electron chi connectivity index (χ3n) is 3.54. The summed E-state index contributed by atoms with van der Waals surface area (Å²) in [5.74, 6) is 0.0134. The quantitative estimate of drug-likeness (QED) is 0.853. The third kappa shape index (κ3) is 2.74. The second kappa shape index (κ2) is 5.88. The highest BCUT2D eigenvalue weighted by molar-refractivity contribution is 8.00. The second-order valence-corrected chi connectivity index (χ2v) is 6.45. The zero-order chi connectivity index (χ0) is 13.9. The van der Waals surface area contributed by atoms with Gasteiger partial charge in [-0.1, -0.05) is 11.4 Å². The highest BCUT2D eigenvalue weighted by atomic mass is 32.2. The first-order chi connectivity index (χ1) is 9.15. The van der Waals surface area contributed by atoms with Gasteiger partial charge in [-0.3, -0.25) is 4.79 Å². The van der Waals surface area contributed by atoms with Crippen molar-refractivity contribution in [1.82, 2.24) is 14.5 Å². The van der Waals surface area contributed by atoms with Crippen molar-refractivity contribution in [3.05, 3.63) is 10.6 Å². The number of rotatable bonds is 3. The molecule has 0 saturated carbocycles. The Morgan fingerprint density at radius 2 is 2.26 bits per heavy atom. The van der Waals surface area contributed by atoms with Gasteiger partial charge in [0.2, 0.25) is 0 Å². The molecule has 1 aromatic rings. The van der Waals surface area contributed by atoms with Crippen molar-refractivity contribution in [3.8, 4) is 6.07 Å². The van der Waals surface area contributed by atoms with Crippen molar-refractivity contribution in [3.63, 3.8) is 0 Å². The highest BCUT2D eigenvalue weighted by Crippen LogP contribution is 2.34. The number of likely N-dealkylation sites (tertiary alicyclic amines) is 1. The molecule has 1 aliphatic heterocycles. The van der Waals surface area contributed by atoms with Crippen molar-refractivity contribution in [2.24, 2.45) is 0 Å². The van der Waals surface area contributed by atoms with Crippen LogP contribution in [0, 0.1) is 11.3 Å². The van der Waals surface area contributed by atoms with Gasteiger partial charge in [0.1, 0.15) is 9.62 Å².